The molecule has 0 radical (unpaired) electrons. The van der Waals surface area contributed by atoms with Crippen LogP contribution in [0.15, 0.2) is 48.5 Å². The molecular formula is C18H15FN2O6. The summed E-state index contributed by atoms with van der Waals surface area (Å²) < 4.78 is 17.7. The normalized spacial score (nSPS) is 11.3. The molecule has 0 aliphatic heterocycles. The average Bonchev–Trinajstić information content (AvgIpc) is 2.66. The van der Waals surface area contributed by atoms with E-state index in [0.29, 0.717) is 0 Å². The predicted octanol–water partition coefficient (Wildman–Crippen LogP) is 2.28. The lowest BCUT2D eigenvalue weighted by Gasteiger charge is -2.13. The number of non-ortho nitro benzene ring substituents is 1. The van der Waals surface area contributed by atoms with Gasteiger partial charge in [-0.1, -0.05) is 6.07 Å². The second-order valence-electron chi connectivity index (χ2n) is 5.54. The fourth-order valence-electron chi connectivity index (χ4n) is 2.08. The number of ether oxygens (including phenoxy) is 1. The number of Topliss-reactive ketones (excluding diaryl/α,β-unsaturated/α-hetero) is 1. The third kappa shape index (κ3) is 5.43. The summed E-state index contributed by atoms with van der Waals surface area (Å²) in [5.74, 6) is -2.58. The largest absolute Gasteiger partial charge is 0.456 e. The van der Waals surface area contributed by atoms with E-state index in [0.717, 1.165) is 18.2 Å². The van der Waals surface area contributed by atoms with Crippen LogP contribution in [0.1, 0.15) is 27.6 Å². The molecule has 0 aromatic heterocycles. The summed E-state index contributed by atoms with van der Waals surface area (Å²) in [5, 5.41) is 13.1. The van der Waals surface area contributed by atoms with Crippen LogP contribution in [-0.2, 0) is 9.53 Å². The molecule has 1 atom stereocenters. The molecule has 1 unspecified atom stereocenters. The highest BCUT2D eigenvalue weighted by atomic mass is 19.1. The highest BCUT2D eigenvalue weighted by molar-refractivity contribution is 5.99. The molecule has 0 saturated carbocycles. The zero-order chi connectivity index (χ0) is 20.0. The number of nitrogens with one attached hydrogen (secondary N) is 1. The number of carbonyl (C=O) groups is 3. The second-order valence-corrected chi connectivity index (χ2v) is 5.54. The molecule has 1 amide bonds. The van der Waals surface area contributed by atoms with Gasteiger partial charge in [0.2, 0.25) is 0 Å². The van der Waals surface area contributed by atoms with Gasteiger partial charge in [-0.05, 0) is 37.3 Å². The Balaban J connectivity index is 1.90. The molecule has 0 heterocycles. The van der Waals surface area contributed by atoms with E-state index in [1.165, 1.54) is 37.3 Å². The Hall–Kier alpha value is -3.62. The van der Waals surface area contributed by atoms with Gasteiger partial charge in [-0.3, -0.25) is 19.7 Å². The van der Waals surface area contributed by atoms with Crippen molar-refractivity contribution >= 4 is 23.3 Å². The Morgan fingerprint density at radius 3 is 2.44 bits per heavy atom. The first-order chi connectivity index (χ1) is 12.8. The van der Waals surface area contributed by atoms with Crippen LogP contribution in [0, 0.1) is 15.9 Å². The van der Waals surface area contributed by atoms with Gasteiger partial charge in [0.15, 0.2) is 12.4 Å². The minimum Gasteiger partial charge on any atom is -0.456 e. The molecule has 0 aliphatic carbocycles. The van der Waals surface area contributed by atoms with Gasteiger partial charge < -0.3 is 10.1 Å². The van der Waals surface area contributed by atoms with Crippen LogP contribution < -0.4 is 5.32 Å². The number of carbonyl (C=O) groups excluding carboxylic acids is 3. The number of nitro groups is 1. The van der Waals surface area contributed by atoms with Crippen LogP contribution in [0.4, 0.5) is 10.1 Å². The van der Waals surface area contributed by atoms with Crippen LogP contribution in [0.5, 0.6) is 0 Å². The minimum absolute atomic E-state index is 0.00578. The monoisotopic (exact) mass is 374 g/mol. The van der Waals surface area contributed by atoms with E-state index < -0.39 is 41.0 Å². The molecule has 2 aromatic rings. The van der Waals surface area contributed by atoms with Gasteiger partial charge in [0.1, 0.15) is 11.9 Å². The van der Waals surface area contributed by atoms with E-state index in [4.69, 9.17) is 4.74 Å². The van der Waals surface area contributed by atoms with Gasteiger partial charge in [-0.2, -0.15) is 0 Å². The number of benzene rings is 2. The standard InChI is InChI=1S/C18H15FN2O6/c1-11(20-17(23)13-3-2-4-15(9-13)21(25)26)18(24)27-10-16(22)12-5-7-14(19)8-6-12/h2-9,11H,10H2,1H3,(H,20,23). The van der Waals surface area contributed by atoms with E-state index in [-0.39, 0.29) is 16.8 Å². The van der Waals surface area contributed by atoms with Crippen molar-refractivity contribution in [3.63, 3.8) is 0 Å². The zero-order valence-electron chi connectivity index (χ0n) is 14.2. The number of halogens is 1. The SMILES string of the molecule is CC(NC(=O)c1cccc([N+](=O)[O-])c1)C(=O)OCC(=O)c1ccc(F)cc1. The maximum atomic E-state index is 12.8. The topological polar surface area (TPSA) is 116 Å². The molecule has 2 aromatic carbocycles. The molecule has 8 nitrogen and oxygen atoms in total. The third-order valence-electron chi connectivity index (χ3n) is 3.53. The van der Waals surface area contributed by atoms with Crippen LogP contribution in [-0.4, -0.2) is 35.2 Å². The Bertz CT molecular complexity index is 882. The summed E-state index contributed by atoms with van der Waals surface area (Å²) >= 11 is 0. The van der Waals surface area contributed by atoms with Crippen molar-refractivity contribution in [2.45, 2.75) is 13.0 Å². The fraction of sp³-hybridized carbons (Fsp3) is 0.167. The van der Waals surface area contributed by atoms with E-state index >= 15 is 0 Å². The molecule has 140 valence electrons. The third-order valence-corrected chi connectivity index (χ3v) is 3.53. The second kappa shape index (κ2) is 8.65. The van der Waals surface area contributed by atoms with E-state index in [1.807, 2.05) is 0 Å². The number of esters is 1. The van der Waals surface area contributed by atoms with Gasteiger partial charge in [-0.25, -0.2) is 9.18 Å². The summed E-state index contributed by atoms with van der Waals surface area (Å²) in [7, 11) is 0. The summed E-state index contributed by atoms with van der Waals surface area (Å²) in [4.78, 5) is 46.0. The maximum Gasteiger partial charge on any atom is 0.328 e. The number of hydrogen-bond acceptors (Lipinski definition) is 6. The van der Waals surface area contributed by atoms with Crippen molar-refractivity contribution in [1.29, 1.82) is 0 Å². The van der Waals surface area contributed by atoms with E-state index in [2.05, 4.69) is 5.32 Å². The number of nitrogens with zero attached hydrogens (tertiary/aromatic N) is 1. The number of amides is 1. The summed E-state index contributed by atoms with van der Waals surface area (Å²) in [6.07, 6.45) is 0. The number of ketones is 1. The molecule has 9 heteroatoms. The van der Waals surface area contributed by atoms with Crippen LogP contribution in [0.3, 0.4) is 0 Å². The Morgan fingerprint density at radius 2 is 1.81 bits per heavy atom. The molecule has 0 bridgehead atoms. The highest BCUT2D eigenvalue weighted by Crippen LogP contribution is 2.13. The van der Waals surface area contributed by atoms with Crippen LogP contribution in [0.25, 0.3) is 0 Å². The lowest BCUT2D eigenvalue weighted by Crippen LogP contribution is -2.40. The average molecular weight is 374 g/mol. The maximum absolute atomic E-state index is 12.8. The Labute approximate surface area is 153 Å². The van der Waals surface area contributed by atoms with Gasteiger partial charge in [-0.15, -0.1) is 0 Å². The fourth-order valence-corrected chi connectivity index (χ4v) is 2.08. The number of rotatable bonds is 7. The molecule has 0 fully saturated rings. The molecule has 27 heavy (non-hydrogen) atoms. The minimum atomic E-state index is -1.09. The van der Waals surface area contributed by atoms with Crippen molar-refractivity contribution in [3.8, 4) is 0 Å². The quantitative estimate of drug-likeness (QED) is 0.344. The predicted molar refractivity (Wildman–Crippen MR) is 91.7 cm³/mol. The first-order valence-electron chi connectivity index (χ1n) is 7.78. The van der Waals surface area contributed by atoms with Crippen molar-refractivity contribution in [2.75, 3.05) is 6.61 Å². The number of nitro benzene ring substituents is 1. The lowest BCUT2D eigenvalue weighted by atomic mass is 10.1. The van der Waals surface area contributed by atoms with Crippen molar-refractivity contribution < 1.29 is 28.4 Å². The van der Waals surface area contributed by atoms with Gasteiger partial charge in [0.05, 0.1) is 4.92 Å². The Morgan fingerprint density at radius 1 is 1.15 bits per heavy atom. The first kappa shape index (κ1) is 19.7. The van der Waals surface area contributed by atoms with Gasteiger partial charge in [0, 0.05) is 23.3 Å². The first-order valence-corrected chi connectivity index (χ1v) is 7.78. The number of hydrogen-bond donors (Lipinski definition) is 1. The van der Waals surface area contributed by atoms with Gasteiger partial charge >= 0.3 is 5.97 Å². The summed E-state index contributed by atoms with van der Waals surface area (Å²) in [5.41, 5.74) is -0.0773. The van der Waals surface area contributed by atoms with Crippen molar-refractivity contribution in [1.82, 2.24) is 5.32 Å². The molecular weight excluding hydrogens is 359 g/mol. The molecule has 0 aliphatic rings. The summed E-state index contributed by atoms with van der Waals surface area (Å²) in [6.45, 7) is 0.779. The molecule has 2 rings (SSSR count). The van der Waals surface area contributed by atoms with Crippen LogP contribution in [0.2, 0.25) is 0 Å². The lowest BCUT2D eigenvalue weighted by molar-refractivity contribution is -0.384. The van der Waals surface area contributed by atoms with E-state index in [1.54, 1.807) is 0 Å². The molecule has 0 saturated heterocycles. The molecule has 0 spiro atoms. The van der Waals surface area contributed by atoms with Crippen molar-refractivity contribution in [3.05, 3.63) is 75.6 Å². The van der Waals surface area contributed by atoms with Gasteiger partial charge in [0.25, 0.3) is 11.6 Å². The molecule has 1 N–H and O–H groups in total. The van der Waals surface area contributed by atoms with E-state index in [9.17, 15) is 28.9 Å². The Kier molecular flexibility index (Phi) is 6.32. The summed E-state index contributed by atoms with van der Waals surface area (Å²) in [6, 6.07) is 8.67. The smallest absolute Gasteiger partial charge is 0.328 e. The van der Waals surface area contributed by atoms with Crippen molar-refractivity contribution in [2.24, 2.45) is 0 Å². The highest BCUT2D eigenvalue weighted by Gasteiger charge is 2.20. The zero-order valence-corrected chi connectivity index (χ0v) is 14.2. The van der Waals surface area contributed by atoms with Crippen LogP contribution >= 0.6 is 0 Å².